The molecule has 3 saturated carbocycles. The third kappa shape index (κ3) is 4.48. The molecule has 5 rings (SSSR count). The lowest BCUT2D eigenvalue weighted by atomic mass is 9.62. The Balaban J connectivity index is 1.10. The van der Waals surface area contributed by atoms with E-state index in [-0.39, 0.29) is 5.69 Å². The minimum atomic E-state index is -0.645. The Morgan fingerprint density at radius 3 is 2.53 bits per heavy atom. The molecular weight excluding hydrogens is 438 g/mol. The van der Waals surface area contributed by atoms with Gasteiger partial charge >= 0.3 is 5.97 Å². The van der Waals surface area contributed by atoms with Crippen LogP contribution in [0.15, 0.2) is 24.3 Å². The van der Waals surface area contributed by atoms with Gasteiger partial charge in [0.05, 0.1) is 17.1 Å². The van der Waals surface area contributed by atoms with Gasteiger partial charge in [-0.3, -0.25) is 10.1 Å². The molecule has 1 aliphatic heterocycles. The summed E-state index contributed by atoms with van der Waals surface area (Å²) in [5, 5.41) is 10.8. The number of nitrogens with zero attached hydrogens (tertiary/aromatic N) is 1. The smallest absolute Gasteiger partial charge is 0.338 e. The zero-order valence-corrected chi connectivity index (χ0v) is 20.1. The first-order valence-corrected chi connectivity index (χ1v) is 12.8. The predicted octanol–water partition coefficient (Wildman–Crippen LogP) is 5.80. The summed E-state index contributed by atoms with van der Waals surface area (Å²) < 4.78 is 12.2. The number of rotatable bonds is 5. The molecule has 2 spiro atoms. The van der Waals surface area contributed by atoms with E-state index in [1.54, 1.807) is 0 Å². The predicted molar refractivity (Wildman–Crippen MR) is 122 cm³/mol. The first-order valence-electron chi connectivity index (χ1n) is 12.8. The van der Waals surface area contributed by atoms with Crippen LogP contribution in [0.5, 0.6) is 0 Å². The lowest BCUT2D eigenvalue weighted by molar-refractivity contribution is -0.384. The second-order valence-corrected chi connectivity index (χ2v) is 11.1. The number of nitro groups is 1. The van der Waals surface area contributed by atoms with Crippen molar-refractivity contribution in [2.75, 3.05) is 6.61 Å². The van der Waals surface area contributed by atoms with E-state index in [4.69, 9.17) is 19.2 Å². The fraction of sp³-hybridized carbons (Fsp3) is 0.731. The molecule has 1 saturated heterocycles. The highest BCUT2D eigenvalue weighted by Crippen LogP contribution is 2.58. The van der Waals surface area contributed by atoms with Gasteiger partial charge in [0.1, 0.15) is 0 Å². The molecule has 8 heteroatoms. The van der Waals surface area contributed by atoms with Crippen molar-refractivity contribution in [3.63, 3.8) is 0 Å². The van der Waals surface area contributed by atoms with Crippen LogP contribution in [0.25, 0.3) is 0 Å². The molecule has 4 aliphatic rings. The number of carbonyl (C=O) groups excluding carboxylic acids is 1. The normalized spacial score (nSPS) is 39.3. The van der Waals surface area contributed by atoms with E-state index in [0.717, 1.165) is 50.9 Å². The van der Waals surface area contributed by atoms with Crippen molar-refractivity contribution in [2.24, 2.45) is 29.6 Å². The largest absolute Gasteiger partial charge is 0.462 e. The molecule has 1 aromatic carbocycles. The van der Waals surface area contributed by atoms with Crippen molar-refractivity contribution in [3.8, 4) is 0 Å². The summed E-state index contributed by atoms with van der Waals surface area (Å²) in [6, 6.07) is 5.48. The Bertz CT molecular complexity index is 906. The van der Waals surface area contributed by atoms with Crippen LogP contribution in [-0.2, 0) is 19.2 Å². The van der Waals surface area contributed by atoms with Gasteiger partial charge < -0.3 is 9.47 Å². The highest BCUT2D eigenvalue weighted by molar-refractivity contribution is 5.89. The number of fused-ring (bicyclic) bond motifs is 3. The van der Waals surface area contributed by atoms with Crippen molar-refractivity contribution >= 4 is 11.7 Å². The summed E-state index contributed by atoms with van der Waals surface area (Å²) in [5.74, 6) is 0.962. The van der Waals surface area contributed by atoms with Gasteiger partial charge in [-0.2, -0.15) is 9.78 Å². The van der Waals surface area contributed by atoms with Crippen LogP contribution in [0.1, 0.15) is 82.0 Å². The second-order valence-electron chi connectivity index (χ2n) is 11.1. The van der Waals surface area contributed by atoms with E-state index >= 15 is 0 Å². The van der Waals surface area contributed by atoms with E-state index in [1.807, 2.05) is 0 Å². The number of benzene rings is 1. The first kappa shape index (κ1) is 23.7. The summed E-state index contributed by atoms with van der Waals surface area (Å²) in [4.78, 5) is 34.6. The number of hydrogen-bond donors (Lipinski definition) is 0. The summed E-state index contributed by atoms with van der Waals surface area (Å²) in [6.45, 7) is 4.92. The van der Waals surface area contributed by atoms with Gasteiger partial charge in [-0.15, -0.1) is 0 Å². The second kappa shape index (κ2) is 9.21. The zero-order valence-electron chi connectivity index (χ0n) is 20.1. The van der Waals surface area contributed by atoms with E-state index in [1.165, 1.54) is 37.1 Å². The minimum absolute atomic E-state index is 0.0461. The molecule has 1 heterocycles. The van der Waals surface area contributed by atoms with E-state index in [9.17, 15) is 14.9 Å². The molecule has 5 atom stereocenters. The monoisotopic (exact) mass is 473 g/mol. The van der Waals surface area contributed by atoms with Gasteiger partial charge in [0.15, 0.2) is 0 Å². The highest BCUT2D eigenvalue weighted by Gasteiger charge is 2.62. The Hall–Kier alpha value is -2.03. The molecule has 0 N–H and O–H groups in total. The SMILES string of the molecule is CC1CC2CC(C)C3(OOC4(CCC(CCOC(=O)c5ccc([N+](=O)[O-])cc5)CC4)O3)C(C1)C2. The van der Waals surface area contributed by atoms with Gasteiger partial charge in [-0.05, 0) is 74.8 Å². The van der Waals surface area contributed by atoms with Gasteiger partial charge in [0, 0.05) is 36.8 Å². The quantitative estimate of drug-likeness (QED) is 0.231. The molecule has 0 aromatic heterocycles. The maximum absolute atomic E-state index is 12.2. The molecule has 8 nitrogen and oxygen atoms in total. The van der Waals surface area contributed by atoms with Gasteiger partial charge in [-0.1, -0.05) is 13.8 Å². The third-order valence-corrected chi connectivity index (χ3v) is 8.59. The van der Waals surface area contributed by atoms with Crippen LogP contribution in [-0.4, -0.2) is 29.1 Å². The molecule has 1 aromatic rings. The molecular formula is C26H35NO7. The Morgan fingerprint density at radius 1 is 1.09 bits per heavy atom. The summed E-state index contributed by atoms with van der Waals surface area (Å²) in [6.07, 6.45) is 9.00. The van der Waals surface area contributed by atoms with Gasteiger partial charge in [-0.25, -0.2) is 4.79 Å². The number of carbonyl (C=O) groups is 1. The van der Waals surface area contributed by atoms with Crippen molar-refractivity contribution in [1.82, 2.24) is 0 Å². The highest BCUT2D eigenvalue weighted by atomic mass is 17.3. The molecule has 3 aliphatic carbocycles. The molecule has 0 radical (unpaired) electrons. The molecule has 34 heavy (non-hydrogen) atoms. The number of nitro benzene ring substituents is 1. The number of hydrogen-bond acceptors (Lipinski definition) is 7. The van der Waals surface area contributed by atoms with Crippen molar-refractivity contribution < 1.29 is 29.0 Å². The van der Waals surface area contributed by atoms with Crippen molar-refractivity contribution in [3.05, 3.63) is 39.9 Å². The average molecular weight is 474 g/mol. The topological polar surface area (TPSA) is 97.1 Å². The third-order valence-electron chi connectivity index (χ3n) is 8.59. The lowest BCUT2D eigenvalue weighted by Gasteiger charge is -2.50. The van der Waals surface area contributed by atoms with Crippen LogP contribution in [0.2, 0.25) is 0 Å². The maximum atomic E-state index is 12.2. The van der Waals surface area contributed by atoms with E-state index in [2.05, 4.69) is 13.8 Å². The standard InChI is InChI=1S/C26H35NO7/c1-17-13-20-15-18(2)26(22(14-17)16-20)32-25(33-34-26)10-7-19(8-11-25)9-12-31-24(28)21-3-5-23(6-4-21)27(29)30/h3-6,17-20,22H,7-16H2,1-2H3. The zero-order chi connectivity index (χ0) is 23.9. The Morgan fingerprint density at radius 2 is 1.82 bits per heavy atom. The van der Waals surface area contributed by atoms with E-state index in [0.29, 0.717) is 35.8 Å². The fourth-order valence-electron chi connectivity index (χ4n) is 6.85. The molecule has 4 fully saturated rings. The molecule has 2 bridgehead atoms. The molecule has 186 valence electrons. The summed E-state index contributed by atoms with van der Waals surface area (Å²) in [5.41, 5.74) is 0.277. The van der Waals surface area contributed by atoms with Crippen molar-refractivity contribution in [2.45, 2.75) is 83.2 Å². The number of esters is 1. The number of non-ortho nitro benzene ring substituents is 1. The maximum Gasteiger partial charge on any atom is 0.338 e. The lowest BCUT2D eigenvalue weighted by Crippen LogP contribution is -2.54. The van der Waals surface area contributed by atoms with Crippen LogP contribution in [0, 0.1) is 39.7 Å². The molecule has 0 amide bonds. The average Bonchev–Trinajstić information content (AvgIpc) is 3.19. The Kier molecular flexibility index (Phi) is 6.42. The molecule has 5 unspecified atom stereocenters. The van der Waals surface area contributed by atoms with Crippen molar-refractivity contribution in [1.29, 1.82) is 0 Å². The van der Waals surface area contributed by atoms with Crippen LogP contribution in [0.4, 0.5) is 5.69 Å². The van der Waals surface area contributed by atoms with Crippen LogP contribution in [0.3, 0.4) is 0 Å². The number of ether oxygens (including phenoxy) is 2. The van der Waals surface area contributed by atoms with Crippen LogP contribution < -0.4 is 0 Å². The van der Waals surface area contributed by atoms with Gasteiger partial charge in [0.2, 0.25) is 11.6 Å². The summed E-state index contributed by atoms with van der Waals surface area (Å²) >= 11 is 0. The van der Waals surface area contributed by atoms with E-state index < -0.39 is 22.5 Å². The van der Waals surface area contributed by atoms with Crippen LogP contribution >= 0.6 is 0 Å². The van der Waals surface area contributed by atoms with Gasteiger partial charge in [0.25, 0.3) is 5.69 Å². The Labute approximate surface area is 200 Å². The fourth-order valence-corrected chi connectivity index (χ4v) is 6.85. The minimum Gasteiger partial charge on any atom is -0.462 e. The first-order chi connectivity index (χ1) is 16.3. The summed E-state index contributed by atoms with van der Waals surface area (Å²) in [7, 11) is 0.